The molecule has 154 valence electrons. The summed E-state index contributed by atoms with van der Waals surface area (Å²) in [4.78, 5) is 12.6. The molecule has 0 saturated heterocycles. The van der Waals surface area contributed by atoms with Crippen LogP contribution in [0.25, 0.3) is 0 Å². The Kier molecular flexibility index (Phi) is 5.30. The molecule has 0 aromatic heterocycles. The lowest BCUT2D eigenvalue weighted by atomic mass is 9.91. The number of nitrogens with one attached hydrogen (secondary N) is 1. The third kappa shape index (κ3) is 4.35. The fourth-order valence-corrected chi connectivity index (χ4v) is 4.76. The number of halogens is 1. The Balaban J connectivity index is 1.50. The molecule has 7 heteroatoms. The summed E-state index contributed by atoms with van der Waals surface area (Å²) in [5.74, 6) is 0.0295. The average molecular weight is 442 g/mol. The SMILES string of the molecule is C[C@]1(Cc2ccc(Cl)cc2)Cc2cc(C(=O)NS(=O)(=O)c3ccccc3)ccc2O1. The third-order valence-corrected chi connectivity index (χ3v) is 6.61. The van der Waals surface area contributed by atoms with Crippen LogP contribution < -0.4 is 9.46 Å². The highest BCUT2D eigenvalue weighted by atomic mass is 35.5. The zero-order valence-electron chi connectivity index (χ0n) is 16.3. The molecule has 1 N–H and O–H groups in total. The topological polar surface area (TPSA) is 72.5 Å². The highest BCUT2D eigenvalue weighted by Gasteiger charge is 2.35. The lowest BCUT2D eigenvalue weighted by Gasteiger charge is -2.24. The van der Waals surface area contributed by atoms with Gasteiger partial charge in [0.05, 0.1) is 4.90 Å². The Bertz CT molecular complexity index is 1190. The molecule has 3 aromatic rings. The summed E-state index contributed by atoms with van der Waals surface area (Å²) in [5, 5.41) is 0.681. The van der Waals surface area contributed by atoms with E-state index < -0.39 is 21.5 Å². The number of carbonyl (C=O) groups excluding carboxylic acids is 1. The van der Waals surface area contributed by atoms with Gasteiger partial charge < -0.3 is 4.74 Å². The summed E-state index contributed by atoms with van der Waals surface area (Å²) in [7, 11) is -3.93. The van der Waals surface area contributed by atoms with Crippen molar-refractivity contribution >= 4 is 27.5 Å². The Morgan fingerprint density at radius 3 is 2.47 bits per heavy atom. The van der Waals surface area contributed by atoms with Gasteiger partial charge in [0.2, 0.25) is 0 Å². The lowest BCUT2D eigenvalue weighted by Crippen LogP contribution is -2.32. The Hall–Kier alpha value is -2.83. The van der Waals surface area contributed by atoms with Gasteiger partial charge in [-0.1, -0.05) is 41.9 Å². The van der Waals surface area contributed by atoms with Gasteiger partial charge in [0.15, 0.2) is 0 Å². The molecule has 1 aliphatic rings. The Labute approximate surface area is 180 Å². The molecular formula is C23H20ClNO4S. The van der Waals surface area contributed by atoms with Crippen molar-refractivity contribution in [2.24, 2.45) is 0 Å². The van der Waals surface area contributed by atoms with Crippen molar-refractivity contribution in [3.63, 3.8) is 0 Å². The molecule has 0 bridgehead atoms. The number of fused-ring (bicyclic) bond motifs is 1. The second-order valence-corrected chi connectivity index (χ2v) is 9.72. The predicted molar refractivity (Wildman–Crippen MR) is 115 cm³/mol. The van der Waals surface area contributed by atoms with Crippen LogP contribution in [0.5, 0.6) is 5.75 Å². The van der Waals surface area contributed by atoms with E-state index in [0.29, 0.717) is 23.6 Å². The molecule has 3 aromatic carbocycles. The highest BCUT2D eigenvalue weighted by Crippen LogP contribution is 2.37. The minimum atomic E-state index is -3.93. The normalized spacial score (nSPS) is 17.8. The summed E-state index contributed by atoms with van der Waals surface area (Å²) >= 11 is 5.96. The predicted octanol–water partition coefficient (Wildman–Crippen LogP) is 4.40. The molecule has 4 rings (SSSR count). The smallest absolute Gasteiger partial charge is 0.265 e. The van der Waals surface area contributed by atoms with Crippen LogP contribution >= 0.6 is 11.6 Å². The van der Waals surface area contributed by atoms with E-state index in [1.54, 1.807) is 36.4 Å². The number of hydrogen-bond donors (Lipinski definition) is 1. The minimum Gasteiger partial charge on any atom is -0.487 e. The lowest BCUT2D eigenvalue weighted by molar-refractivity contribution is 0.0981. The monoisotopic (exact) mass is 441 g/mol. The van der Waals surface area contributed by atoms with Crippen LogP contribution in [0.2, 0.25) is 5.02 Å². The number of hydrogen-bond acceptors (Lipinski definition) is 4. The molecule has 5 nitrogen and oxygen atoms in total. The first-order valence-electron chi connectivity index (χ1n) is 9.43. The highest BCUT2D eigenvalue weighted by molar-refractivity contribution is 7.90. The zero-order chi connectivity index (χ0) is 21.4. The van der Waals surface area contributed by atoms with E-state index in [0.717, 1.165) is 11.1 Å². The molecular weight excluding hydrogens is 422 g/mol. The molecule has 0 unspecified atom stereocenters. The summed E-state index contributed by atoms with van der Waals surface area (Å²) < 4.78 is 33.1. The van der Waals surface area contributed by atoms with Crippen LogP contribution in [-0.4, -0.2) is 19.9 Å². The molecule has 1 amide bonds. The van der Waals surface area contributed by atoms with E-state index in [2.05, 4.69) is 4.72 Å². The summed E-state index contributed by atoms with van der Waals surface area (Å²) in [6, 6.07) is 20.4. The van der Waals surface area contributed by atoms with Gasteiger partial charge in [-0.3, -0.25) is 4.79 Å². The standard InChI is InChI=1S/C23H20ClNO4S/c1-23(14-16-7-10-19(24)11-8-16)15-18-13-17(9-12-21(18)29-23)22(26)25-30(27,28)20-5-3-2-4-6-20/h2-13H,14-15H2,1H3,(H,25,26)/t23-/m0/s1. The second-order valence-electron chi connectivity index (χ2n) is 7.60. The minimum absolute atomic E-state index is 0.0402. The maximum Gasteiger partial charge on any atom is 0.265 e. The molecule has 1 heterocycles. The van der Waals surface area contributed by atoms with Crippen LogP contribution in [0.15, 0.2) is 77.7 Å². The molecule has 1 atom stereocenters. The maximum absolute atomic E-state index is 12.6. The van der Waals surface area contributed by atoms with E-state index in [1.165, 1.54) is 12.1 Å². The Morgan fingerprint density at radius 1 is 1.07 bits per heavy atom. The van der Waals surface area contributed by atoms with Gasteiger partial charge in [-0.25, -0.2) is 13.1 Å². The van der Waals surface area contributed by atoms with Crippen molar-refractivity contribution in [2.75, 3.05) is 0 Å². The number of sulfonamides is 1. The van der Waals surface area contributed by atoms with Crippen molar-refractivity contribution in [3.8, 4) is 5.75 Å². The molecule has 0 aliphatic carbocycles. The second kappa shape index (κ2) is 7.78. The van der Waals surface area contributed by atoms with Crippen molar-refractivity contribution in [1.82, 2.24) is 4.72 Å². The fraction of sp³-hybridized carbons (Fsp3) is 0.174. The van der Waals surface area contributed by atoms with E-state index >= 15 is 0 Å². The number of rotatable bonds is 5. The molecule has 1 aliphatic heterocycles. The van der Waals surface area contributed by atoms with Gasteiger partial charge in [0, 0.05) is 23.4 Å². The first-order valence-corrected chi connectivity index (χ1v) is 11.3. The van der Waals surface area contributed by atoms with Gasteiger partial charge in [-0.15, -0.1) is 0 Å². The first kappa shape index (κ1) is 20.4. The molecule has 0 saturated carbocycles. The number of ether oxygens (including phenoxy) is 1. The van der Waals surface area contributed by atoms with Gasteiger partial charge >= 0.3 is 0 Å². The van der Waals surface area contributed by atoms with E-state index in [9.17, 15) is 13.2 Å². The molecule has 30 heavy (non-hydrogen) atoms. The van der Waals surface area contributed by atoms with Crippen LogP contribution in [0.1, 0.15) is 28.4 Å². The number of amides is 1. The summed E-state index contributed by atoms with van der Waals surface area (Å²) in [5.41, 5.74) is 1.78. The number of carbonyl (C=O) groups is 1. The summed E-state index contributed by atoms with van der Waals surface area (Å²) in [6.07, 6.45) is 1.29. The van der Waals surface area contributed by atoms with E-state index in [4.69, 9.17) is 16.3 Å². The zero-order valence-corrected chi connectivity index (χ0v) is 17.8. The van der Waals surface area contributed by atoms with Crippen molar-refractivity contribution in [2.45, 2.75) is 30.3 Å². The third-order valence-electron chi connectivity index (χ3n) is 5.02. The summed E-state index contributed by atoms with van der Waals surface area (Å²) in [6.45, 7) is 2.02. The van der Waals surface area contributed by atoms with Crippen LogP contribution in [0, 0.1) is 0 Å². The van der Waals surface area contributed by atoms with Crippen LogP contribution in [-0.2, 0) is 22.9 Å². The van der Waals surface area contributed by atoms with E-state index in [1.807, 2.05) is 31.2 Å². The quantitative estimate of drug-likeness (QED) is 0.637. The fourth-order valence-electron chi connectivity index (χ4n) is 3.63. The van der Waals surface area contributed by atoms with Crippen molar-refractivity contribution in [3.05, 3.63) is 94.5 Å². The van der Waals surface area contributed by atoms with Crippen molar-refractivity contribution < 1.29 is 17.9 Å². The van der Waals surface area contributed by atoms with Crippen LogP contribution in [0.4, 0.5) is 0 Å². The largest absolute Gasteiger partial charge is 0.487 e. The maximum atomic E-state index is 12.6. The first-order chi connectivity index (χ1) is 14.2. The number of benzene rings is 3. The van der Waals surface area contributed by atoms with Gasteiger partial charge in [0.25, 0.3) is 15.9 Å². The van der Waals surface area contributed by atoms with Crippen LogP contribution in [0.3, 0.4) is 0 Å². The average Bonchev–Trinajstić information content (AvgIpc) is 3.05. The van der Waals surface area contributed by atoms with Crippen molar-refractivity contribution in [1.29, 1.82) is 0 Å². The van der Waals surface area contributed by atoms with Gasteiger partial charge in [-0.2, -0.15) is 0 Å². The van der Waals surface area contributed by atoms with Gasteiger partial charge in [0.1, 0.15) is 11.4 Å². The molecule has 0 fully saturated rings. The van der Waals surface area contributed by atoms with Gasteiger partial charge in [-0.05, 0) is 60.5 Å². The molecule has 0 spiro atoms. The Morgan fingerprint density at radius 2 is 1.77 bits per heavy atom. The molecule has 0 radical (unpaired) electrons. The van der Waals surface area contributed by atoms with E-state index in [-0.39, 0.29) is 10.5 Å².